The van der Waals surface area contributed by atoms with Gasteiger partial charge in [0.05, 0.1) is 6.54 Å². The molecular formula is C19H17ClF2N2O5S. The molecule has 0 spiro atoms. The van der Waals surface area contributed by atoms with Gasteiger partial charge < -0.3 is 20.1 Å². The number of aliphatic carboxylic acids is 1. The fourth-order valence-corrected chi connectivity index (χ4v) is 4.60. The molecule has 3 N–H and O–H groups in total. The van der Waals surface area contributed by atoms with Gasteiger partial charge in [-0.2, -0.15) is 11.8 Å². The number of halogens is 3. The zero-order valence-corrected chi connectivity index (χ0v) is 17.2. The van der Waals surface area contributed by atoms with Gasteiger partial charge in [-0.3, -0.25) is 14.4 Å². The standard InChI is InChI=1S/C19H17ClF2N2O5S/c1-19(21,22)11-4-9(2-3-12(11)20)6-24-13-8-30-7-10(13)16(27)15(18(24)29)17(28)23-5-14(25)26/h2-4,27H,5-8H2,1H3,(H,23,28)(H,25,26). The monoisotopic (exact) mass is 458 g/mol. The van der Waals surface area contributed by atoms with E-state index >= 15 is 0 Å². The molecule has 1 aromatic heterocycles. The van der Waals surface area contributed by atoms with Crippen LogP contribution in [0.1, 0.15) is 39.7 Å². The zero-order valence-electron chi connectivity index (χ0n) is 15.7. The van der Waals surface area contributed by atoms with Crippen molar-refractivity contribution in [3.8, 4) is 5.75 Å². The fourth-order valence-electron chi connectivity index (χ4n) is 3.18. The summed E-state index contributed by atoms with van der Waals surface area (Å²) in [4.78, 5) is 36.1. The number of carbonyl (C=O) groups excluding carboxylic acids is 1. The summed E-state index contributed by atoms with van der Waals surface area (Å²) in [6, 6.07) is 4.00. The molecule has 1 amide bonds. The van der Waals surface area contributed by atoms with E-state index in [4.69, 9.17) is 16.7 Å². The molecule has 0 saturated heterocycles. The normalized spacial score (nSPS) is 13.2. The van der Waals surface area contributed by atoms with E-state index in [1.165, 1.54) is 34.5 Å². The van der Waals surface area contributed by atoms with Crippen LogP contribution >= 0.6 is 23.4 Å². The molecule has 1 aliphatic rings. The number of aromatic nitrogens is 1. The van der Waals surface area contributed by atoms with Gasteiger partial charge in [-0.25, -0.2) is 8.78 Å². The van der Waals surface area contributed by atoms with Crippen molar-refractivity contribution in [2.45, 2.75) is 30.9 Å². The molecule has 0 unspecified atom stereocenters. The Bertz CT molecular complexity index is 1100. The van der Waals surface area contributed by atoms with E-state index in [-0.39, 0.29) is 17.1 Å². The smallest absolute Gasteiger partial charge is 0.322 e. The number of alkyl halides is 2. The Morgan fingerprint density at radius 1 is 1.33 bits per heavy atom. The minimum absolute atomic E-state index is 0.112. The average molecular weight is 459 g/mol. The Morgan fingerprint density at radius 3 is 2.67 bits per heavy atom. The maximum Gasteiger partial charge on any atom is 0.322 e. The molecular weight excluding hydrogens is 442 g/mol. The van der Waals surface area contributed by atoms with E-state index in [1.54, 1.807) is 0 Å². The Kier molecular flexibility index (Phi) is 6.09. The molecule has 160 valence electrons. The van der Waals surface area contributed by atoms with Crippen LogP contribution in [0.2, 0.25) is 5.02 Å². The van der Waals surface area contributed by atoms with Crippen molar-refractivity contribution in [3.05, 3.63) is 61.5 Å². The van der Waals surface area contributed by atoms with Crippen molar-refractivity contribution >= 4 is 35.2 Å². The molecule has 2 heterocycles. The van der Waals surface area contributed by atoms with Crippen LogP contribution in [0.3, 0.4) is 0 Å². The Morgan fingerprint density at radius 2 is 2.03 bits per heavy atom. The van der Waals surface area contributed by atoms with Crippen LogP contribution in [0.4, 0.5) is 8.78 Å². The molecule has 30 heavy (non-hydrogen) atoms. The number of pyridine rings is 1. The summed E-state index contributed by atoms with van der Waals surface area (Å²) in [6.45, 7) is -0.138. The third-order valence-corrected chi connectivity index (χ3v) is 5.91. The van der Waals surface area contributed by atoms with Gasteiger partial charge in [0.25, 0.3) is 17.4 Å². The zero-order chi connectivity index (χ0) is 22.2. The number of carbonyl (C=O) groups is 2. The first-order chi connectivity index (χ1) is 14.0. The summed E-state index contributed by atoms with van der Waals surface area (Å²) in [7, 11) is 0. The summed E-state index contributed by atoms with van der Waals surface area (Å²) < 4.78 is 28.9. The van der Waals surface area contributed by atoms with Crippen LogP contribution in [0, 0.1) is 0 Å². The molecule has 1 aromatic carbocycles. The minimum Gasteiger partial charge on any atom is -0.507 e. The topological polar surface area (TPSA) is 109 Å². The number of fused-ring (bicyclic) bond motifs is 1. The number of benzene rings is 1. The van der Waals surface area contributed by atoms with Crippen LogP contribution in [0.5, 0.6) is 5.75 Å². The van der Waals surface area contributed by atoms with Gasteiger partial charge >= 0.3 is 5.97 Å². The van der Waals surface area contributed by atoms with E-state index in [0.29, 0.717) is 35.3 Å². The van der Waals surface area contributed by atoms with Crippen LogP contribution in [0.15, 0.2) is 23.0 Å². The van der Waals surface area contributed by atoms with Crippen LogP contribution < -0.4 is 10.9 Å². The van der Waals surface area contributed by atoms with Crippen LogP contribution in [0.25, 0.3) is 0 Å². The average Bonchev–Trinajstić information content (AvgIpc) is 3.14. The van der Waals surface area contributed by atoms with E-state index in [0.717, 1.165) is 0 Å². The fraction of sp³-hybridized carbons (Fsp3) is 0.316. The summed E-state index contributed by atoms with van der Waals surface area (Å²) in [6.07, 6.45) is 0. The molecule has 1 aliphatic heterocycles. The highest BCUT2D eigenvalue weighted by Gasteiger charge is 2.30. The maximum atomic E-state index is 13.8. The SMILES string of the molecule is CC(F)(F)c1cc(Cn2c3c(c(O)c(C(=O)NCC(=O)O)c2=O)CSC3)ccc1Cl. The van der Waals surface area contributed by atoms with Crippen molar-refractivity contribution < 1.29 is 28.6 Å². The van der Waals surface area contributed by atoms with E-state index in [1.807, 2.05) is 0 Å². The highest BCUT2D eigenvalue weighted by molar-refractivity contribution is 7.98. The molecule has 0 saturated carbocycles. The van der Waals surface area contributed by atoms with Gasteiger partial charge in [0.1, 0.15) is 17.9 Å². The largest absolute Gasteiger partial charge is 0.507 e. The van der Waals surface area contributed by atoms with Gasteiger partial charge in [0.2, 0.25) is 0 Å². The second-order valence-corrected chi connectivity index (χ2v) is 8.20. The van der Waals surface area contributed by atoms with Gasteiger partial charge in [0.15, 0.2) is 0 Å². The first-order valence-corrected chi connectivity index (χ1v) is 10.3. The summed E-state index contributed by atoms with van der Waals surface area (Å²) >= 11 is 7.28. The number of carboxylic acid groups (broad SMARTS) is 1. The second-order valence-electron chi connectivity index (χ2n) is 6.81. The lowest BCUT2D eigenvalue weighted by Crippen LogP contribution is -2.37. The number of rotatable bonds is 6. The summed E-state index contributed by atoms with van der Waals surface area (Å²) in [5.41, 5.74) is -0.574. The predicted octanol–water partition coefficient (Wildman–Crippen LogP) is 2.93. The van der Waals surface area contributed by atoms with Crippen LogP contribution in [-0.4, -0.2) is 33.2 Å². The maximum absolute atomic E-state index is 13.8. The number of hydrogen-bond acceptors (Lipinski definition) is 5. The molecule has 11 heteroatoms. The molecule has 0 fully saturated rings. The number of aromatic hydroxyl groups is 1. The number of thioether (sulfide) groups is 1. The number of amides is 1. The lowest BCUT2D eigenvalue weighted by atomic mass is 10.0. The Balaban J connectivity index is 2.09. The van der Waals surface area contributed by atoms with E-state index in [2.05, 4.69) is 5.32 Å². The van der Waals surface area contributed by atoms with Crippen molar-refractivity contribution in [1.29, 1.82) is 0 Å². The van der Waals surface area contributed by atoms with Crippen molar-refractivity contribution in [2.75, 3.05) is 6.54 Å². The summed E-state index contributed by atoms with van der Waals surface area (Å²) in [5.74, 6) is -5.28. The first-order valence-electron chi connectivity index (χ1n) is 8.72. The third-order valence-electron chi connectivity index (χ3n) is 4.61. The Hall–Kier alpha value is -2.59. The van der Waals surface area contributed by atoms with Gasteiger partial charge in [0, 0.05) is 40.3 Å². The molecule has 0 atom stereocenters. The highest BCUT2D eigenvalue weighted by atomic mass is 35.5. The molecule has 0 radical (unpaired) electrons. The number of nitrogens with zero attached hydrogens (tertiary/aromatic N) is 1. The van der Waals surface area contributed by atoms with Crippen molar-refractivity contribution in [3.63, 3.8) is 0 Å². The molecule has 3 rings (SSSR count). The molecule has 0 bridgehead atoms. The highest BCUT2D eigenvalue weighted by Crippen LogP contribution is 2.37. The Labute approximate surface area is 178 Å². The quantitative estimate of drug-likeness (QED) is 0.614. The predicted molar refractivity (Wildman–Crippen MR) is 107 cm³/mol. The minimum atomic E-state index is -3.19. The van der Waals surface area contributed by atoms with Crippen molar-refractivity contribution in [2.24, 2.45) is 0 Å². The third kappa shape index (κ3) is 4.29. The van der Waals surface area contributed by atoms with Crippen LogP contribution in [-0.2, 0) is 28.8 Å². The van der Waals surface area contributed by atoms with Gasteiger partial charge in [-0.1, -0.05) is 17.7 Å². The number of carboxylic acids is 1. The first kappa shape index (κ1) is 22.1. The lowest BCUT2D eigenvalue weighted by molar-refractivity contribution is -0.135. The second kappa shape index (κ2) is 8.27. The number of hydrogen-bond donors (Lipinski definition) is 3. The van der Waals surface area contributed by atoms with Gasteiger partial charge in [-0.15, -0.1) is 0 Å². The lowest BCUT2D eigenvalue weighted by Gasteiger charge is -2.18. The summed E-state index contributed by atoms with van der Waals surface area (Å²) in [5, 5.41) is 21.1. The van der Waals surface area contributed by atoms with Gasteiger partial charge in [-0.05, 0) is 17.7 Å². The molecule has 2 aromatic rings. The molecule has 0 aliphatic carbocycles. The van der Waals surface area contributed by atoms with E-state index < -0.39 is 41.2 Å². The number of nitrogens with one attached hydrogen (secondary N) is 1. The molecule has 7 nitrogen and oxygen atoms in total. The van der Waals surface area contributed by atoms with E-state index in [9.17, 15) is 28.3 Å². The van der Waals surface area contributed by atoms with Crippen molar-refractivity contribution in [1.82, 2.24) is 9.88 Å².